The van der Waals surface area contributed by atoms with E-state index in [-0.39, 0.29) is 5.92 Å². The van der Waals surface area contributed by atoms with Crippen LogP contribution in [0.5, 0.6) is 0 Å². The van der Waals surface area contributed by atoms with E-state index in [1.54, 1.807) is 0 Å². The molecule has 12 heteroatoms. The summed E-state index contributed by atoms with van der Waals surface area (Å²) in [6, 6.07) is 7.88. The molecule has 2 fully saturated rings. The van der Waals surface area contributed by atoms with Crippen molar-refractivity contribution in [1.82, 2.24) is 0 Å². The van der Waals surface area contributed by atoms with E-state index in [0.29, 0.717) is 19.3 Å². The second-order valence-electron chi connectivity index (χ2n) is 14.0. The quantitative estimate of drug-likeness (QED) is 0.0619. The average molecular weight is 709 g/mol. The number of rotatable bonds is 6. The van der Waals surface area contributed by atoms with Gasteiger partial charge in [0.25, 0.3) is 0 Å². The van der Waals surface area contributed by atoms with E-state index in [2.05, 4.69) is 0 Å². The molecule has 4 atom stereocenters. The normalized spacial score (nSPS) is 20.4. The van der Waals surface area contributed by atoms with Crippen molar-refractivity contribution in [2.45, 2.75) is 72.3 Å². The summed E-state index contributed by atoms with van der Waals surface area (Å²) < 4.78 is 152. The third-order valence-corrected chi connectivity index (χ3v) is 14.7. The Labute approximate surface area is 279 Å². The molecule has 4 aromatic carbocycles. The summed E-state index contributed by atoms with van der Waals surface area (Å²) in [5.74, 6) is -25.7. The number of hydrogen-bond donors (Lipinski definition) is 0. The molecule has 0 aromatic heterocycles. The van der Waals surface area contributed by atoms with Gasteiger partial charge in [0.05, 0.1) is 6.71 Å². The van der Waals surface area contributed by atoms with Crippen molar-refractivity contribution >= 4 is 36.2 Å². The maximum atomic E-state index is 15.9. The van der Waals surface area contributed by atoms with Gasteiger partial charge in [-0.25, -0.2) is 43.9 Å². The van der Waals surface area contributed by atoms with Gasteiger partial charge in [0.2, 0.25) is 0 Å². The van der Waals surface area contributed by atoms with E-state index in [1.165, 1.54) is 0 Å². The zero-order valence-corrected chi connectivity index (χ0v) is 28.6. The lowest BCUT2D eigenvalue weighted by Gasteiger charge is -2.48. The highest BCUT2D eigenvalue weighted by molar-refractivity contribution is 7.74. The molecule has 6 rings (SSSR count). The Balaban J connectivity index is 1.75. The predicted octanol–water partition coefficient (Wildman–Crippen LogP) is 8.57. The second-order valence-corrected chi connectivity index (χ2v) is 16.3. The summed E-state index contributed by atoms with van der Waals surface area (Å²) in [6.45, 7) is 7.75. The van der Waals surface area contributed by atoms with Gasteiger partial charge in [-0.1, -0.05) is 47.7 Å². The Morgan fingerprint density at radius 1 is 0.469 bits per heavy atom. The van der Waals surface area contributed by atoms with Crippen molar-refractivity contribution in [3.63, 3.8) is 0 Å². The number of halogens is 10. The van der Waals surface area contributed by atoms with E-state index >= 15 is 17.6 Å². The maximum absolute atomic E-state index is 15.9. The van der Waals surface area contributed by atoms with Crippen LogP contribution in [0.4, 0.5) is 43.9 Å². The van der Waals surface area contributed by atoms with Crippen LogP contribution in [0.25, 0.3) is 0 Å². The van der Waals surface area contributed by atoms with Crippen molar-refractivity contribution in [2.24, 2.45) is 11.8 Å². The van der Waals surface area contributed by atoms with Crippen molar-refractivity contribution in [2.75, 3.05) is 0 Å². The topological polar surface area (TPSA) is 0 Å². The van der Waals surface area contributed by atoms with Gasteiger partial charge >= 0.3 is 0 Å². The molecule has 2 aliphatic carbocycles. The van der Waals surface area contributed by atoms with E-state index in [4.69, 9.17) is 0 Å². The monoisotopic (exact) mass is 709 g/mol. The van der Waals surface area contributed by atoms with Gasteiger partial charge in [0.15, 0.2) is 34.9 Å². The third kappa shape index (κ3) is 5.50. The molecule has 0 amide bonds. The van der Waals surface area contributed by atoms with Gasteiger partial charge in [-0.05, 0) is 107 Å². The van der Waals surface area contributed by atoms with Gasteiger partial charge < -0.3 is 0 Å². The number of benzene rings is 4. The van der Waals surface area contributed by atoms with Gasteiger partial charge in [0.1, 0.15) is 23.3 Å². The van der Waals surface area contributed by atoms with Gasteiger partial charge in [-0.2, -0.15) is 0 Å². The van der Waals surface area contributed by atoms with Crippen LogP contribution in [0.15, 0.2) is 24.3 Å². The van der Waals surface area contributed by atoms with Crippen molar-refractivity contribution in [1.29, 1.82) is 0 Å². The molecule has 2 aliphatic rings. The highest BCUT2D eigenvalue weighted by Gasteiger charge is 2.53. The zero-order valence-electron chi connectivity index (χ0n) is 27.7. The molecular formula is C37H33BF10P-. The van der Waals surface area contributed by atoms with E-state index in [0.717, 1.165) is 44.0 Å². The molecule has 2 bridgehead atoms. The fourth-order valence-corrected chi connectivity index (χ4v) is 13.6. The minimum absolute atomic E-state index is 0.223. The van der Waals surface area contributed by atoms with Crippen molar-refractivity contribution in [3.05, 3.63) is 116 Å². The summed E-state index contributed by atoms with van der Waals surface area (Å²) in [5.41, 5.74) is 1.72. The lowest BCUT2D eigenvalue weighted by Crippen LogP contribution is -2.57. The van der Waals surface area contributed by atoms with Crippen LogP contribution < -0.4 is 21.5 Å². The molecule has 4 aromatic rings. The zero-order chi connectivity index (χ0) is 36.0. The molecule has 0 nitrogen and oxygen atoms in total. The summed E-state index contributed by atoms with van der Waals surface area (Å²) in [4.78, 5) is 0. The summed E-state index contributed by atoms with van der Waals surface area (Å²) in [5, 5.41) is 1.79. The fourth-order valence-electron chi connectivity index (χ4n) is 9.49. The van der Waals surface area contributed by atoms with Crippen LogP contribution >= 0.6 is 7.92 Å². The van der Waals surface area contributed by atoms with Crippen LogP contribution in [0.1, 0.15) is 52.6 Å². The number of aryl methyl sites for hydroxylation is 6. The minimum Gasteiger partial charge on any atom is -0.207 e. The lowest BCUT2D eigenvalue weighted by molar-refractivity contribution is 0.381. The van der Waals surface area contributed by atoms with Crippen LogP contribution in [0.3, 0.4) is 0 Å². The molecule has 0 spiro atoms. The Morgan fingerprint density at radius 3 is 1.12 bits per heavy atom. The molecule has 0 aliphatic heterocycles. The number of fused-ring (bicyclic) bond motifs is 2. The summed E-state index contributed by atoms with van der Waals surface area (Å²) in [6.07, 6.45) is 1.40. The Hall–Kier alpha value is -3.33. The van der Waals surface area contributed by atoms with Crippen LogP contribution in [0.2, 0.25) is 5.82 Å². The molecule has 260 valence electrons. The van der Waals surface area contributed by atoms with Gasteiger partial charge in [-0.15, -0.1) is 16.7 Å². The average Bonchev–Trinajstić information content (AvgIpc) is 3.64. The second kappa shape index (κ2) is 12.8. The first kappa shape index (κ1) is 35.5. The first-order valence-electron chi connectivity index (χ1n) is 16.2. The third-order valence-electron chi connectivity index (χ3n) is 10.9. The Bertz CT molecular complexity index is 1800. The van der Waals surface area contributed by atoms with E-state index in [1.807, 2.05) is 65.8 Å². The molecular weight excluding hydrogens is 676 g/mol. The summed E-state index contributed by atoms with van der Waals surface area (Å²) >= 11 is 0. The SMILES string of the molecule is Cc1cc(C)c(P(c2c(C)cc(C)cc2C)[C@@H]2[C@@H]3CC[C@@H](C3)[C@H]2[BH-](c2c(F)c(F)c(F)c(F)c2F)c2c(F)c(F)c(F)c(F)c2F)c(C)c1. The number of hydrogen-bond acceptors (Lipinski definition) is 0. The van der Waals surface area contributed by atoms with Crippen molar-refractivity contribution in [3.8, 4) is 0 Å². The largest absolute Gasteiger partial charge is 0.207 e. The molecule has 0 heterocycles. The molecule has 49 heavy (non-hydrogen) atoms. The smallest absolute Gasteiger partial charge is 0.200 e. The molecule has 0 N–H and O–H groups in total. The first-order valence-corrected chi connectivity index (χ1v) is 17.6. The molecule has 0 unspecified atom stereocenters. The fraction of sp³-hybridized carbons (Fsp3) is 0.351. The minimum atomic E-state index is -3.71. The van der Waals surface area contributed by atoms with Crippen molar-refractivity contribution < 1.29 is 43.9 Å². The van der Waals surface area contributed by atoms with E-state index < -0.39 is 101 Å². The molecule has 0 radical (unpaired) electrons. The highest BCUT2D eigenvalue weighted by atomic mass is 31.1. The standard InChI is InChI=1S/C37H33BF10P/c1-14-9-16(3)35(17(4)10-14)49(36-18(5)11-15(2)12-19(36)6)37-21-8-7-20(13-21)22(37)38(23-25(39)29(43)33(47)30(44)26(23)40)24-27(41)31(45)34(48)32(46)28(24)42/h9-12,20-22,37-38H,7-8,13H2,1-6H3/q-1/t20-,21+,22+,37+/m0/s1. The lowest BCUT2D eigenvalue weighted by atomic mass is 9.30. The van der Waals surface area contributed by atoms with Gasteiger partial charge in [-0.3, -0.25) is 0 Å². The first-order chi connectivity index (χ1) is 23.0. The van der Waals surface area contributed by atoms with Crippen LogP contribution in [-0.4, -0.2) is 12.4 Å². The van der Waals surface area contributed by atoms with Crippen LogP contribution in [0, 0.1) is 112 Å². The predicted molar refractivity (Wildman–Crippen MR) is 175 cm³/mol. The van der Waals surface area contributed by atoms with Gasteiger partial charge in [0, 0.05) is 0 Å². The van der Waals surface area contributed by atoms with Crippen LogP contribution in [-0.2, 0) is 0 Å². The summed E-state index contributed by atoms with van der Waals surface area (Å²) in [7, 11) is -1.60. The molecule has 0 saturated heterocycles. The Kier molecular flexibility index (Phi) is 9.25. The Morgan fingerprint density at radius 2 is 0.776 bits per heavy atom. The highest BCUT2D eigenvalue weighted by Crippen LogP contribution is 2.65. The van der Waals surface area contributed by atoms with E-state index in [9.17, 15) is 26.3 Å². The molecule has 2 saturated carbocycles. The maximum Gasteiger partial charge on any atom is 0.200 e.